The Morgan fingerprint density at radius 3 is 2.50 bits per heavy atom. The molecule has 30 heavy (non-hydrogen) atoms. The lowest BCUT2D eigenvalue weighted by molar-refractivity contribution is 0.213. The highest BCUT2D eigenvalue weighted by Gasteiger charge is 2.13. The Kier molecular flexibility index (Phi) is 11.4. The van der Waals surface area contributed by atoms with Gasteiger partial charge in [-0.25, -0.2) is 13.1 Å². The number of ether oxygens (including phenoxy) is 2. The molecule has 0 bridgehead atoms. The normalized spacial score (nSPS) is 12.4. The van der Waals surface area contributed by atoms with E-state index in [1.54, 1.807) is 20.2 Å². The van der Waals surface area contributed by atoms with Gasteiger partial charge in [-0.2, -0.15) is 0 Å². The zero-order valence-electron chi connectivity index (χ0n) is 17.2. The number of sulfonamides is 1. The molecule has 11 heteroatoms. The minimum Gasteiger partial charge on any atom is -0.493 e. The van der Waals surface area contributed by atoms with Gasteiger partial charge in [-0.1, -0.05) is 12.1 Å². The fraction of sp³-hybridized carbons (Fsp3) is 0.368. The van der Waals surface area contributed by atoms with Crippen LogP contribution in [0.3, 0.4) is 0 Å². The van der Waals surface area contributed by atoms with Crippen molar-refractivity contribution in [2.24, 2.45) is 4.99 Å². The minimum atomic E-state index is -3.58. The Labute approximate surface area is 194 Å². The fourth-order valence-electron chi connectivity index (χ4n) is 2.39. The van der Waals surface area contributed by atoms with Crippen LogP contribution in [0.25, 0.3) is 0 Å². The molecule has 166 valence electrons. The number of pyridine rings is 1. The van der Waals surface area contributed by atoms with Gasteiger partial charge in [0.25, 0.3) is 0 Å². The summed E-state index contributed by atoms with van der Waals surface area (Å²) in [6.45, 7) is 2.99. The lowest BCUT2D eigenvalue weighted by Crippen LogP contribution is -2.44. The minimum absolute atomic E-state index is 0. The molecule has 9 nitrogen and oxygen atoms in total. The summed E-state index contributed by atoms with van der Waals surface area (Å²) in [7, 11) is -0.340. The molecule has 1 unspecified atom stereocenters. The Hall–Kier alpha value is -2.12. The molecule has 0 amide bonds. The van der Waals surface area contributed by atoms with Crippen molar-refractivity contribution in [3.63, 3.8) is 0 Å². The van der Waals surface area contributed by atoms with Crippen molar-refractivity contribution < 1.29 is 17.9 Å². The van der Waals surface area contributed by atoms with Crippen molar-refractivity contribution in [1.82, 2.24) is 20.3 Å². The van der Waals surface area contributed by atoms with Crippen molar-refractivity contribution in [1.29, 1.82) is 0 Å². The largest absolute Gasteiger partial charge is 0.493 e. The molecule has 0 fully saturated rings. The first-order chi connectivity index (χ1) is 14.0. The van der Waals surface area contributed by atoms with Gasteiger partial charge in [0.15, 0.2) is 17.5 Å². The zero-order chi connectivity index (χ0) is 21.1. The number of nitrogens with zero attached hydrogens (tertiary/aromatic N) is 2. The van der Waals surface area contributed by atoms with Crippen LogP contribution in [0.2, 0.25) is 0 Å². The van der Waals surface area contributed by atoms with Crippen LogP contribution < -0.4 is 24.8 Å². The Morgan fingerprint density at radius 1 is 1.13 bits per heavy atom. The number of rotatable bonds is 10. The van der Waals surface area contributed by atoms with Gasteiger partial charge < -0.3 is 20.1 Å². The van der Waals surface area contributed by atoms with E-state index in [1.807, 2.05) is 31.2 Å². The number of para-hydroxylation sites is 2. The summed E-state index contributed by atoms with van der Waals surface area (Å²) >= 11 is 0. The van der Waals surface area contributed by atoms with Gasteiger partial charge in [0.2, 0.25) is 10.0 Å². The summed E-state index contributed by atoms with van der Waals surface area (Å²) in [5, 5.41) is 6.19. The first-order valence-electron chi connectivity index (χ1n) is 9.10. The third kappa shape index (κ3) is 8.32. The molecule has 0 radical (unpaired) electrons. The third-order valence-electron chi connectivity index (χ3n) is 3.83. The van der Waals surface area contributed by atoms with Crippen LogP contribution in [-0.4, -0.2) is 59.3 Å². The van der Waals surface area contributed by atoms with Gasteiger partial charge >= 0.3 is 0 Å². The van der Waals surface area contributed by atoms with E-state index in [0.717, 1.165) is 0 Å². The molecule has 1 aromatic heterocycles. The summed E-state index contributed by atoms with van der Waals surface area (Å²) in [5.74, 6) is 1.88. The van der Waals surface area contributed by atoms with E-state index in [0.29, 0.717) is 30.5 Å². The van der Waals surface area contributed by atoms with Crippen LogP contribution in [0, 0.1) is 0 Å². The van der Waals surface area contributed by atoms with Crippen LogP contribution in [-0.2, 0) is 10.0 Å². The number of methoxy groups -OCH3 is 1. The molecule has 0 spiro atoms. The Morgan fingerprint density at radius 2 is 1.87 bits per heavy atom. The maximum absolute atomic E-state index is 12.1. The number of aromatic nitrogens is 1. The molecule has 1 atom stereocenters. The molecule has 0 aliphatic rings. The molecule has 1 heterocycles. The monoisotopic (exact) mass is 549 g/mol. The van der Waals surface area contributed by atoms with Crippen molar-refractivity contribution in [3.8, 4) is 11.5 Å². The Balaban J connectivity index is 0.00000450. The molecule has 0 saturated carbocycles. The highest BCUT2D eigenvalue weighted by Crippen LogP contribution is 2.26. The second-order valence-electron chi connectivity index (χ2n) is 6.05. The first kappa shape index (κ1) is 25.9. The number of aliphatic imine (C=N–C) groups is 1. The topological polar surface area (TPSA) is 114 Å². The second-order valence-corrected chi connectivity index (χ2v) is 7.81. The number of benzene rings is 1. The van der Waals surface area contributed by atoms with Gasteiger partial charge in [-0.3, -0.25) is 9.98 Å². The molecule has 2 aromatic rings. The van der Waals surface area contributed by atoms with Gasteiger partial charge in [0.05, 0.1) is 13.7 Å². The van der Waals surface area contributed by atoms with Gasteiger partial charge in [0.1, 0.15) is 11.0 Å². The van der Waals surface area contributed by atoms with Crippen molar-refractivity contribution in [2.45, 2.75) is 17.9 Å². The molecular formula is C19H28IN5O4S. The molecule has 0 aliphatic carbocycles. The van der Waals surface area contributed by atoms with E-state index < -0.39 is 10.0 Å². The standard InChI is InChI=1S/C19H27N5O4S.HI/c1-15(28-18-9-5-4-8-17(18)27-3)13-23-19(20-2)22-11-12-24-29(25,26)16-7-6-10-21-14-16;/h4-10,14-15,24H,11-13H2,1-3H3,(H2,20,22,23);1H. The first-order valence-corrected chi connectivity index (χ1v) is 10.6. The lowest BCUT2D eigenvalue weighted by atomic mass is 10.3. The van der Waals surface area contributed by atoms with E-state index in [1.165, 1.54) is 18.5 Å². The van der Waals surface area contributed by atoms with Crippen LogP contribution >= 0.6 is 24.0 Å². The highest BCUT2D eigenvalue weighted by molar-refractivity contribution is 14.0. The lowest BCUT2D eigenvalue weighted by Gasteiger charge is -2.19. The number of guanidine groups is 1. The van der Waals surface area contributed by atoms with Crippen molar-refractivity contribution in [2.75, 3.05) is 33.8 Å². The van der Waals surface area contributed by atoms with Gasteiger partial charge in [-0.05, 0) is 31.2 Å². The molecule has 3 N–H and O–H groups in total. The van der Waals surface area contributed by atoms with Crippen molar-refractivity contribution in [3.05, 3.63) is 48.8 Å². The zero-order valence-corrected chi connectivity index (χ0v) is 20.3. The molecule has 2 rings (SSSR count). The van der Waals surface area contributed by atoms with E-state index >= 15 is 0 Å². The third-order valence-corrected chi connectivity index (χ3v) is 5.28. The van der Waals surface area contributed by atoms with Crippen LogP contribution in [0.1, 0.15) is 6.92 Å². The quantitative estimate of drug-likeness (QED) is 0.179. The predicted octanol–water partition coefficient (Wildman–Crippen LogP) is 1.62. The van der Waals surface area contributed by atoms with Crippen LogP contribution in [0.4, 0.5) is 0 Å². The SMILES string of the molecule is CN=C(NCCNS(=O)(=O)c1cccnc1)NCC(C)Oc1ccccc1OC.I. The number of hydrogen-bond donors (Lipinski definition) is 3. The maximum atomic E-state index is 12.1. The van der Waals surface area contributed by atoms with Gasteiger partial charge in [-0.15, -0.1) is 24.0 Å². The molecule has 1 aromatic carbocycles. The average Bonchev–Trinajstić information content (AvgIpc) is 2.74. The van der Waals surface area contributed by atoms with Crippen LogP contribution in [0.15, 0.2) is 58.7 Å². The molecule has 0 aliphatic heterocycles. The summed E-state index contributed by atoms with van der Waals surface area (Å²) in [6.07, 6.45) is 2.68. The van der Waals surface area contributed by atoms with E-state index in [4.69, 9.17) is 9.47 Å². The second kappa shape index (κ2) is 13.2. The summed E-state index contributed by atoms with van der Waals surface area (Å²) in [5.41, 5.74) is 0. The highest BCUT2D eigenvalue weighted by atomic mass is 127. The van der Waals surface area contributed by atoms with Crippen LogP contribution in [0.5, 0.6) is 11.5 Å². The fourth-order valence-corrected chi connectivity index (χ4v) is 3.39. The number of nitrogens with one attached hydrogen (secondary N) is 3. The summed E-state index contributed by atoms with van der Waals surface area (Å²) in [4.78, 5) is 8.07. The molecule has 0 saturated heterocycles. The summed E-state index contributed by atoms with van der Waals surface area (Å²) < 4.78 is 37.9. The summed E-state index contributed by atoms with van der Waals surface area (Å²) in [6, 6.07) is 10.5. The van der Waals surface area contributed by atoms with Crippen molar-refractivity contribution >= 4 is 40.0 Å². The molecular weight excluding hydrogens is 521 g/mol. The van der Waals surface area contributed by atoms with E-state index in [-0.39, 0.29) is 41.5 Å². The maximum Gasteiger partial charge on any atom is 0.242 e. The van der Waals surface area contributed by atoms with E-state index in [9.17, 15) is 8.42 Å². The average molecular weight is 549 g/mol. The van der Waals surface area contributed by atoms with E-state index in [2.05, 4.69) is 25.3 Å². The smallest absolute Gasteiger partial charge is 0.242 e. The number of halogens is 1. The van der Waals surface area contributed by atoms with Gasteiger partial charge in [0, 0.05) is 32.5 Å². The number of hydrogen-bond acceptors (Lipinski definition) is 6. The predicted molar refractivity (Wildman–Crippen MR) is 127 cm³/mol. The Bertz CT molecular complexity index is 897.